The molecular formula is C15H24N2O3. The van der Waals surface area contributed by atoms with Crippen LogP contribution < -0.4 is 10.1 Å². The van der Waals surface area contributed by atoms with E-state index in [0.717, 1.165) is 11.4 Å². The number of hydrogen-bond acceptors (Lipinski definition) is 4. The Morgan fingerprint density at radius 1 is 1.35 bits per heavy atom. The molecule has 0 aliphatic carbocycles. The van der Waals surface area contributed by atoms with Crippen LogP contribution in [0.15, 0.2) is 24.3 Å². The highest BCUT2D eigenvalue weighted by Gasteiger charge is 2.19. The first-order valence-electron chi connectivity index (χ1n) is 6.72. The molecule has 5 heteroatoms. The number of benzene rings is 1. The van der Waals surface area contributed by atoms with Gasteiger partial charge in [0.1, 0.15) is 5.75 Å². The maximum absolute atomic E-state index is 12.0. The number of carbonyl (C=O) groups excluding carboxylic acids is 1. The third-order valence-electron chi connectivity index (χ3n) is 2.80. The highest BCUT2D eigenvalue weighted by atomic mass is 16.5. The molecule has 1 amide bonds. The third-order valence-corrected chi connectivity index (χ3v) is 2.80. The van der Waals surface area contributed by atoms with Crippen molar-refractivity contribution in [1.82, 2.24) is 4.90 Å². The summed E-state index contributed by atoms with van der Waals surface area (Å²) >= 11 is 0. The molecule has 0 heterocycles. The minimum atomic E-state index is -0.809. The number of nitrogens with zero attached hydrogens (tertiary/aromatic N) is 1. The van der Waals surface area contributed by atoms with Gasteiger partial charge in [0.2, 0.25) is 5.91 Å². The van der Waals surface area contributed by atoms with Gasteiger partial charge in [-0.1, -0.05) is 6.92 Å². The second kappa shape index (κ2) is 7.26. The Kier molecular flexibility index (Phi) is 5.98. The largest absolute Gasteiger partial charge is 0.497 e. The number of nitrogens with one attached hydrogen (secondary N) is 1. The van der Waals surface area contributed by atoms with Crippen LogP contribution in [0, 0.1) is 0 Å². The van der Waals surface area contributed by atoms with Gasteiger partial charge < -0.3 is 15.2 Å². The molecule has 0 saturated carbocycles. The van der Waals surface area contributed by atoms with Crippen molar-refractivity contribution >= 4 is 11.6 Å². The highest BCUT2D eigenvalue weighted by molar-refractivity contribution is 5.92. The standard InChI is InChI=1S/C15H24N2O3/c1-5-17(11-15(2,3)19)10-14(18)16-12-6-8-13(20-4)9-7-12/h6-9,19H,5,10-11H2,1-4H3,(H,16,18). The van der Waals surface area contributed by atoms with E-state index in [1.165, 1.54) is 0 Å². The Balaban J connectivity index is 2.52. The quantitative estimate of drug-likeness (QED) is 0.798. The van der Waals surface area contributed by atoms with E-state index in [1.807, 2.05) is 11.8 Å². The fourth-order valence-electron chi connectivity index (χ4n) is 1.90. The highest BCUT2D eigenvalue weighted by Crippen LogP contribution is 2.15. The van der Waals surface area contributed by atoms with Crippen LogP contribution in [0.25, 0.3) is 0 Å². The number of anilines is 1. The van der Waals surface area contributed by atoms with Gasteiger partial charge in [-0.25, -0.2) is 0 Å². The minimum absolute atomic E-state index is 0.0960. The molecule has 0 spiro atoms. The second-order valence-corrected chi connectivity index (χ2v) is 5.39. The third kappa shape index (κ3) is 6.04. The molecule has 0 aliphatic rings. The minimum Gasteiger partial charge on any atom is -0.497 e. The van der Waals surface area contributed by atoms with Crippen LogP contribution in [0.1, 0.15) is 20.8 Å². The van der Waals surface area contributed by atoms with E-state index < -0.39 is 5.60 Å². The summed E-state index contributed by atoms with van der Waals surface area (Å²) in [6.45, 7) is 6.85. The topological polar surface area (TPSA) is 61.8 Å². The predicted octanol–water partition coefficient (Wildman–Crippen LogP) is 1.73. The molecule has 0 aliphatic heterocycles. The van der Waals surface area contributed by atoms with Gasteiger partial charge in [-0.05, 0) is 44.7 Å². The summed E-state index contributed by atoms with van der Waals surface area (Å²) < 4.78 is 5.06. The average Bonchev–Trinajstić information content (AvgIpc) is 2.37. The first-order valence-corrected chi connectivity index (χ1v) is 6.72. The Hall–Kier alpha value is -1.59. The van der Waals surface area contributed by atoms with Crippen molar-refractivity contribution in [2.45, 2.75) is 26.4 Å². The van der Waals surface area contributed by atoms with Gasteiger partial charge in [0.05, 0.1) is 19.3 Å². The number of hydrogen-bond donors (Lipinski definition) is 2. The summed E-state index contributed by atoms with van der Waals surface area (Å²) in [5.74, 6) is 0.654. The Morgan fingerprint density at radius 2 is 1.95 bits per heavy atom. The van der Waals surface area contributed by atoms with Crippen molar-refractivity contribution in [3.8, 4) is 5.75 Å². The van der Waals surface area contributed by atoms with E-state index in [4.69, 9.17) is 4.74 Å². The normalized spacial score (nSPS) is 11.5. The molecule has 0 fully saturated rings. The van der Waals surface area contributed by atoms with Gasteiger partial charge in [0.15, 0.2) is 0 Å². The van der Waals surface area contributed by atoms with Crippen molar-refractivity contribution < 1.29 is 14.6 Å². The smallest absolute Gasteiger partial charge is 0.238 e. The number of amides is 1. The van der Waals surface area contributed by atoms with Gasteiger partial charge in [0.25, 0.3) is 0 Å². The molecule has 1 rings (SSSR count). The zero-order chi connectivity index (χ0) is 15.2. The van der Waals surface area contributed by atoms with Crippen molar-refractivity contribution in [1.29, 1.82) is 0 Å². The molecule has 112 valence electrons. The molecule has 0 saturated heterocycles. The summed E-state index contributed by atoms with van der Waals surface area (Å²) in [5, 5.41) is 12.6. The van der Waals surface area contributed by atoms with Crippen molar-refractivity contribution in [3.63, 3.8) is 0 Å². The number of carbonyl (C=O) groups is 1. The first kappa shape index (κ1) is 16.5. The lowest BCUT2D eigenvalue weighted by atomic mass is 10.1. The fraction of sp³-hybridized carbons (Fsp3) is 0.533. The monoisotopic (exact) mass is 280 g/mol. The van der Waals surface area contributed by atoms with Crippen molar-refractivity contribution in [3.05, 3.63) is 24.3 Å². The second-order valence-electron chi connectivity index (χ2n) is 5.39. The molecule has 20 heavy (non-hydrogen) atoms. The summed E-state index contributed by atoms with van der Waals surface area (Å²) in [4.78, 5) is 13.9. The van der Waals surface area contributed by atoms with E-state index in [1.54, 1.807) is 45.2 Å². The van der Waals surface area contributed by atoms with E-state index in [-0.39, 0.29) is 12.5 Å². The lowest BCUT2D eigenvalue weighted by Gasteiger charge is -2.27. The van der Waals surface area contributed by atoms with Crippen LogP contribution in [0.5, 0.6) is 5.75 Å². The maximum atomic E-state index is 12.0. The number of aliphatic hydroxyl groups is 1. The lowest BCUT2D eigenvalue weighted by molar-refractivity contribution is -0.117. The van der Waals surface area contributed by atoms with E-state index in [2.05, 4.69) is 5.32 Å². The molecule has 0 unspecified atom stereocenters. The molecule has 1 aromatic carbocycles. The maximum Gasteiger partial charge on any atom is 0.238 e. The first-order chi connectivity index (χ1) is 9.34. The fourth-order valence-corrected chi connectivity index (χ4v) is 1.90. The van der Waals surface area contributed by atoms with Gasteiger partial charge in [-0.3, -0.25) is 9.69 Å². The van der Waals surface area contributed by atoms with E-state index in [9.17, 15) is 9.90 Å². The molecule has 0 atom stereocenters. The van der Waals surface area contributed by atoms with E-state index in [0.29, 0.717) is 13.1 Å². The van der Waals surface area contributed by atoms with Crippen LogP contribution in [0.2, 0.25) is 0 Å². The summed E-state index contributed by atoms with van der Waals surface area (Å²) in [7, 11) is 1.60. The average molecular weight is 280 g/mol. The van der Waals surface area contributed by atoms with Crippen LogP contribution in [-0.2, 0) is 4.79 Å². The van der Waals surface area contributed by atoms with Crippen LogP contribution in [0.4, 0.5) is 5.69 Å². The van der Waals surface area contributed by atoms with Crippen molar-refractivity contribution in [2.75, 3.05) is 32.1 Å². The van der Waals surface area contributed by atoms with E-state index >= 15 is 0 Å². The number of likely N-dealkylation sites (N-methyl/N-ethyl adjacent to an activating group) is 1. The predicted molar refractivity (Wildman–Crippen MR) is 80.0 cm³/mol. The number of methoxy groups -OCH3 is 1. The van der Waals surface area contributed by atoms with Crippen molar-refractivity contribution in [2.24, 2.45) is 0 Å². The summed E-state index contributed by atoms with van der Waals surface area (Å²) in [6, 6.07) is 7.18. The molecule has 1 aromatic rings. The summed E-state index contributed by atoms with van der Waals surface area (Å²) in [6.07, 6.45) is 0. The van der Waals surface area contributed by atoms with Gasteiger partial charge >= 0.3 is 0 Å². The van der Waals surface area contributed by atoms with Gasteiger partial charge in [-0.2, -0.15) is 0 Å². The zero-order valence-corrected chi connectivity index (χ0v) is 12.6. The molecular weight excluding hydrogens is 256 g/mol. The van der Waals surface area contributed by atoms with Gasteiger partial charge in [0, 0.05) is 12.2 Å². The zero-order valence-electron chi connectivity index (χ0n) is 12.6. The Morgan fingerprint density at radius 3 is 2.40 bits per heavy atom. The van der Waals surface area contributed by atoms with Crippen LogP contribution >= 0.6 is 0 Å². The number of ether oxygens (including phenoxy) is 1. The van der Waals surface area contributed by atoms with Gasteiger partial charge in [-0.15, -0.1) is 0 Å². The van der Waals surface area contributed by atoms with Crippen LogP contribution in [0.3, 0.4) is 0 Å². The van der Waals surface area contributed by atoms with Crippen LogP contribution in [-0.4, -0.2) is 48.3 Å². The Bertz CT molecular complexity index is 424. The number of rotatable bonds is 7. The molecule has 0 aromatic heterocycles. The molecule has 5 nitrogen and oxygen atoms in total. The molecule has 0 bridgehead atoms. The molecule has 0 radical (unpaired) electrons. The lowest BCUT2D eigenvalue weighted by Crippen LogP contribution is -2.42. The Labute approximate surface area is 120 Å². The summed E-state index contributed by atoms with van der Waals surface area (Å²) in [5.41, 5.74) is -0.0775. The SMILES string of the molecule is CCN(CC(=O)Nc1ccc(OC)cc1)CC(C)(C)O. The molecule has 2 N–H and O–H groups in total.